The molecule has 2 unspecified atom stereocenters. The molecule has 52 heavy (non-hydrogen) atoms. The monoisotopic (exact) mass is 724 g/mol. The Balaban J connectivity index is 2.14. The molecule has 2 amide bonds. The highest BCUT2D eigenvalue weighted by atomic mass is 16.4. The number of hydrogen-bond acceptors (Lipinski definition) is 6. The Morgan fingerprint density at radius 3 is 1.12 bits per heavy atom. The van der Waals surface area contributed by atoms with Crippen molar-refractivity contribution in [1.82, 2.24) is 10.6 Å². The number of nitrogens with one attached hydrogen (secondary N) is 2. The molecule has 0 saturated carbocycles. The first-order valence-electron chi connectivity index (χ1n) is 18.4. The predicted octanol–water partition coefficient (Wildman–Crippen LogP) is 8.50. The van der Waals surface area contributed by atoms with Crippen molar-refractivity contribution < 1.29 is 39.6 Å². The molecule has 10 nitrogen and oxygen atoms in total. The van der Waals surface area contributed by atoms with Crippen LogP contribution in [0.25, 0.3) is 0 Å². The summed E-state index contributed by atoms with van der Waals surface area (Å²) in [4.78, 5) is 50.2. The van der Waals surface area contributed by atoms with E-state index in [4.69, 9.17) is 0 Å². The van der Waals surface area contributed by atoms with Gasteiger partial charge in [-0.2, -0.15) is 0 Å². The van der Waals surface area contributed by atoms with Crippen LogP contribution in [0.3, 0.4) is 0 Å². The van der Waals surface area contributed by atoms with Crippen LogP contribution in [0.1, 0.15) is 122 Å². The quantitative estimate of drug-likeness (QED) is 0.0810. The lowest BCUT2D eigenvalue weighted by atomic mass is 9.67. The van der Waals surface area contributed by atoms with Crippen LogP contribution in [0.2, 0.25) is 0 Å². The average Bonchev–Trinajstić information content (AvgIpc) is 2.97. The van der Waals surface area contributed by atoms with E-state index in [9.17, 15) is 39.6 Å². The summed E-state index contributed by atoms with van der Waals surface area (Å²) in [7, 11) is 0. The second kappa shape index (κ2) is 17.2. The van der Waals surface area contributed by atoms with Gasteiger partial charge in [0, 0.05) is 59.4 Å². The Morgan fingerprint density at radius 1 is 0.558 bits per heavy atom. The van der Waals surface area contributed by atoms with Crippen molar-refractivity contribution in [3.8, 4) is 0 Å². The molecule has 2 rings (SSSR count). The molecule has 10 heteroatoms. The Hall–Kier alpha value is -4.08. The van der Waals surface area contributed by atoms with Gasteiger partial charge in [0.2, 0.25) is 11.8 Å². The van der Waals surface area contributed by atoms with Crippen molar-refractivity contribution in [2.24, 2.45) is 33.5 Å². The van der Waals surface area contributed by atoms with Crippen molar-refractivity contribution in [3.63, 3.8) is 0 Å². The highest BCUT2D eigenvalue weighted by molar-refractivity contribution is 5.97. The van der Waals surface area contributed by atoms with Gasteiger partial charge in [-0.15, -0.1) is 0 Å². The maximum atomic E-state index is 13.7. The third-order valence-corrected chi connectivity index (χ3v) is 9.59. The minimum Gasteiger partial charge on any atom is -0.508 e. The fourth-order valence-electron chi connectivity index (χ4n) is 7.09. The second-order valence-corrected chi connectivity index (χ2v) is 18.2. The van der Waals surface area contributed by atoms with Crippen LogP contribution in [-0.4, -0.2) is 57.3 Å². The maximum absolute atomic E-state index is 13.7. The first-order chi connectivity index (χ1) is 23.7. The number of carbonyl (C=O) groups is 4. The van der Waals surface area contributed by atoms with Gasteiger partial charge in [0.15, 0.2) is 0 Å². The molecule has 2 aliphatic carbocycles. The molecular weight excluding hydrogens is 660 g/mol. The van der Waals surface area contributed by atoms with E-state index in [-0.39, 0.29) is 34.2 Å². The fourth-order valence-corrected chi connectivity index (χ4v) is 7.09. The van der Waals surface area contributed by atoms with Crippen molar-refractivity contribution in [1.29, 1.82) is 0 Å². The third-order valence-electron chi connectivity index (χ3n) is 9.59. The molecule has 0 aromatic heterocycles. The Labute approximate surface area is 310 Å². The van der Waals surface area contributed by atoms with Gasteiger partial charge < -0.3 is 31.1 Å². The van der Waals surface area contributed by atoms with Gasteiger partial charge in [-0.25, -0.2) is 9.59 Å². The van der Waals surface area contributed by atoms with Crippen LogP contribution < -0.4 is 10.6 Å². The normalized spacial score (nSPS) is 19.6. The molecule has 290 valence electrons. The lowest BCUT2D eigenvalue weighted by molar-refractivity contribution is -0.132. The summed E-state index contributed by atoms with van der Waals surface area (Å²) in [5.41, 5.74) is 1.47. The third kappa shape index (κ3) is 11.7. The van der Waals surface area contributed by atoms with Crippen LogP contribution in [0.15, 0.2) is 69.3 Å². The predicted molar refractivity (Wildman–Crippen MR) is 205 cm³/mol. The molecule has 0 bridgehead atoms. The van der Waals surface area contributed by atoms with E-state index in [0.717, 1.165) is 36.1 Å². The first-order valence-corrected chi connectivity index (χ1v) is 18.4. The van der Waals surface area contributed by atoms with Crippen molar-refractivity contribution in [2.45, 2.75) is 122 Å². The summed E-state index contributed by atoms with van der Waals surface area (Å²) >= 11 is 0. The summed E-state index contributed by atoms with van der Waals surface area (Å²) in [6.45, 7) is 24.3. The minimum atomic E-state index is -1.10. The van der Waals surface area contributed by atoms with Crippen LogP contribution in [0.5, 0.6) is 0 Å². The number of allylic oxidation sites excluding steroid dienone is 6. The Bertz CT molecular complexity index is 1460. The highest BCUT2D eigenvalue weighted by Gasteiger charge is 2.41. The van der Waals surface area contributed by atoms with E-state index in [1.165, 1.54) is 12.2 Å². The molecule has 6 N–H and O–H groups in total. The summed E-state index contributed by atoms with van der Waals surface area (Å²) < 4.78 is 0. The topological polar surface area (TPSA) is 173 Å². The Kier molecular flexibility index (Phi) is 14.6. The summed E-state index contributed by atoms with van der Waals surface area (Å²) in [6.07, 6.45) is 8.79. The van der Waals surface area contributed by atoms with E-state index >= 15 is 0 Å². The van der Waals surface area contributed by atoms with E-state index in [2.05, 4.69) is 10.6 Å². The van der Waals surface area contributed by atoms with E-state index in [0.29, 0.717) is 61.1 Å². The number of amides is 2. The number of carboxylic acids is 2. The van der Waals surface area contributed by atoms with Crippen molar-refractivity contribution >= 4 is 23.8 Å². The SMILES string of the molecule is CC(C)(C)C1=C(O)C(C(C)(C)C)=C(C(=O)NCCCCCCNC(=O)C2=C(C(C)(C)C)C(O)=C(C(C)(C)C)CC2C=CC(=O)O)C(C=CC(=O)O)C1. The largest absolute Gasteiger partial charge is 0.508 e. The standard InChI is InChI=1S/C42H64N2O8/c1-39(2,3)27-23-25(17-19-29(45)46)31(33(35(27)49)41(7,8)9)37(51)43-21-15-13-14-16-22-44-38(52)32-26(18-20-30(47)48)24-28(40(4,5)6)36(50)34(32)42(10,11)12/h17-20,25-26,49-50H,13-16,21-24H2,1-12H3,(H,43,51)(H,44,52)(H,45,46)(H,47,48). The number of hydrogen-bond donors (Lipinski definition) is 6. The molecule has 0 aromatic rings. The fraction of sp³-hybridized carbons (Fsp3) is 0.619. The molecule has 0 spiro atoms. The van der Waals surface area contributed by atoms with Crippen LogP contribution in [0, 0.1) is 33.5 Å². The molecular formula is C42H64N2O8. The Morgan fingerprint density at radius 2 is 0.865 bits per heavy atom. The van der Waals surface area contributed by atoms with E-state index < -0.39 is 34.6 Å². The zero-order valence-electron chi connectivity index (χ0n) is 33.5. The van der Waals surface area contributed by atoms with Gasteiger partial charge >= 0.3 is 11.9 Å². The summed E-state index contributed by atoms with van der Waals surface area (Å²) in [6, 6.07) is 0. The first kappa shape index (κ1) is 44.1. The van der Waals surface area contributed by atoms with E-state index in [1.807, 2.05) is 83.1 Å². The molecule has 0 fully saturated rings. The number of aliphatic hydroxyl groups is 2. The summed E-state index contributed by atoms with van der Waals surface area (Å²) in [5.74, 6) is -3.66. The molecule has 0 saturated heterocycles. The average molecular weight is 725 g/mol. The zero-order valence-corrected chi connectivity index (χ0v) is 33.5. The van der Waals surface area contributed by atoms with Gasteiger partial charge in [-0.05, 0) is 58.5 Å². The molecule has 2 aliphatic rings. The van der Waals surface area contributed by atoms with E-state index in [1.54, 1.807) is 0 Å². The smallest absolute Gasteiger partial charge is 0.327 e. The van der Waals surface area contributed by atoms with Gasteiger partial charge in [0.25, 0.3) is 0 Å². The van der Waals surface area contributed by atoms with Crippen LogP contribution >= 0.6 is 0 Å². The van der Waals surface area contributed by atoms with Crippen molar-refractivity contribution in [3.05, 3.63) is 69.3 Å². The maximum Gasteiger partial charge on any atom is 0.327 e. The molecule has 0 aliphatic heterocycles. The second-order valence-electron chi connectivity index (χ2n) is 18.2. The minimum absolute atomic E-state index is 0.107. The zero-order chi connectivity index (χ0) is 40.0. The number of aliphatic hydroxyl groups excluding tert-OH is 2. The number of carboxylic acid groups (broad SMARTS) is 2. The highest BCUT2D eigenvalue weighted by Crippen LogP contribution is 2.49. The van der Waals surface area contributed by atoms with Crippen molar-refractivity contribution in [2.75, 3.05) is 13.1 Å². The molecule has 0 aromatic carbocycles. The van der Waals surface area contributed by atoms with Crippen LogP contribution in [-0.2, 0) is 19.2 Å². The van der Waals surface area contributed by atoms with Gasteiger partial charge in [-0.1, -0.05) is 108 Å². The van der Waals surface area contributed by atoms with Gasteiger partial charge in [0.1, 0.15) is 11.5 Å². The van der Waals surface area contributed by atoms with Crippen LogP contribution in [0.4, 0.5) is 0 Å². The molecule has 0 heterocycles. The molecule has 0 radical (unpaired) electrons. The number of rotatable bonds is 13. The molecule has 2 atom stereocenters. The number of aliphatic carboxylic acids is 2. The lowest BCUT2D eigenvalue weighted by Crippen LogP contribution is -2.36. The lowest BCUT2D eigenvalue weighted by Gasteiger charge is -2.38. The number of carbonyl (C=O) groups excluding carboxylic acids is 2. The number of unbranched alkanes of at least 4 members (excludes halogenated alkanes) is 3. The van der Waals surface area contributed by atoms with Gasteiger partial charge in [-0.3, -0.25) is 9.59 Å². The summed E-state index contributed by atoms with van der Waals surface area (Å²) in [5, 5.41) is 47.5. The van der Waals surface area contributed by atoms with Gasteiger partial charge in [0.05, 0.1) is 0 Å².